The quantitative estimate of drug-likeness (QED) is 0.784. The van der Waals surface area contributed by atoms with E-state index in [1.54, 1.807) is 14.2 Å². The number of likely N-dealkylation sites (N-methyl/N-ethyl adjacent to an activating group) is 2. The molecule has 0 spiro atoms. The Balaban J connectivity index is 2.18. The van der Waals surface area contributed by atoms with Gasteiger partial charge in [0.25, 0.3) is 5.91 Å². The molecule has 0 saturated heterocycles. The highest BCUT2D eigenvalue weighted by Gasteiger charge is 2.56. The lowest BCUT2D eigenvalue weighted by molar-refractivity contribution is -0.177. The number of fused-ring (bicyclic) bond motifs is 3. The summed E-state index contributed by atoms with van der Waals surface area (Å²) >= 11 is 0. The van der Waals surface area contributed by atoms with Crippen molar-refractivity contribution in [3.8, 4) is 0 Å². The van der Waals surface area contributed by atoms with Crippen molar-refractivity contribution in [2.24, 2.45) is 0 Å². The van der Waals surface area contributed by atoms with Crippen LogP contribution < -0.4 is 4.90 Å². The molecule has 4 heteroatoms. The molecule has 0 unspecified atom stereocenters. The molecule has 1 heterocycles. The summed E-state index contributed by atoms with van der Waals surface area (Å²) in [6.45, 7) is 2.09. The van der Waals surface area contributed by atoms with Crippen LogP contribution in [0.5, 0.6) is 0 Å². The SMILES string of the molecule is CON(C)C(=O)[C@@]12CCCC[C@@H]1N(C)c1ccc(C)cc12. The normalized spacial score (nSPS) is 27.2. The van der Waals surface area contributed by atoms with E-state index in [0.717, 1.165) is 19.3 Å². The van der Waals surface area contributed by atoms with E-state index in [2.05, 4.69) is 37.1 Å². The lowest BCUT2D eigenvalue weighted by Crippen LogP contribution is -2.55. The van der Waals surface area contributed by atoms with E-state index in [9.17, 15) is 4.79 Å². The number of aryl methyl sites for hydroxylation is 1. The number of carbonyl (C=O) groups excluding carboxylic acids is 1. The summed E-state index contributed by atoms with van der Waals surface area (Å²) in [7, 11) is 5.39. The predicted octanol–water partition coefficient (Wildman–Crippen LogP) is 2.65. The second-order valence-electron chi connectivity index (χ2n) is 6.35. The maximum Gasteiger partial charge on any atom is 0.258 e. The van der Waals surface area contributed by atoms with Crippen molar-refractivity contribution in [2.45, 2.75) is 44.1 Å². The number of carbonyl (C=O) groups is 1. The molecule has 114 valence electrons. The van der Waals surface area contributed by atoms with Crippen LogP contribution in [0.2, 0.25) is 0 Å². The summed E-state index contributed by atoms with van der Waals surface area (Å²) in [4.78, 5) is 20.6. The molecule has 4 nitrogen and oxygen atoms in total. The fourth-order valence-corrected chi connectivity index (χ4v) is 4.20. The number of nitrogens with zero attached hydrogens (tertiary/aromatic N) is 2. The molecule has 0 radical (unpaired) electrons. The van der Waals surface area contributed by atoms with Gasteiger partial charge in [-0.2, -0.15) is 0 Å². The van der Waals surface area contributed by atoms with Gasteiger partial charge in [0, 0.05) is 25.8 Å². The minimum absolute atomic E-state index is 0.0888. The van der Waals surface area contributed by atoms with Gasteiger partial charge in [0.1, 0.15) is 0 Å². The van der Waals surface area contributed by atoms with Gasteiger partial charge in [0.15, 0.2) is 0 Å². The van der Waals surface area contributed by atoms with Crippen molar-refractivity contribution in [2.75, 3.05) is 26.1 Å². The largest absolute Gasteiger partial charge is 0.370 e. The average Bonchev–Trinajstić information content (AvgIpc) is 2.76. The standard InChI is InChI=1S/C17H24N2O2/c1-12-8-9-14-13(11-12)17(16(20)19(3)21-4)10-6-5-7-15(17)18(14)2/h8-9,11,15H,5-7,10H2,1-4H3/t15-,17+/m0/s1. The molecule has 2 aliphatic rings. The van der Waals surface area contributed by atoms with Gasteiger partial charge < -0.3 is 4.90 Å². The van der Waals surface area contributed by atoms with Gasteiger partial charge in [0.05, 0.1) is 12.5 Å². The van der Waals surface area contributed by atoms with Crippen molar-refractivity contribution in [3.63, 3.8) is 0 Å². The van der Waals surface area contributed by atoms with Crippen LogP contribution >= 0.6 is 0 Å². The van der Waals surface area contributed by atoms with Crippen molar-refractivity contribution in [1.29, 1.82) is 0 Å². The number of hydroxylamine groups is 2. The first-order valence-electron chi connectivity index (χ1n) is 7.68. The number of benzene rings is 1. The van der Waals surface area contributed by atoms with Crippen LogP contribution in [0.4, 0.5) is 5.69 Å². The Hall–Kier alpha value is -1.55. The summed E-state index contributed by atoms with van der Waals surface area (Å²) in [6, 6.07) is 6.72. The van der Waals surface area contributed by atoms with Crippen LogP contribution in [0.1, 0.15) is 36.8 Å². The topological polar surface area (TPSA) is 32.8 Å². The molecule has 0 bridgehead atoms. The fraction of sp³-hybridized carbons (Fsp3) is 0.588. The van der Waals surface area contributed by atoms with Crippen LogP contribution in [-0.2, 0) is 15.0 Å². The third-order valence-corrected chi connectivity index (χ3v) is 5.29. The zero-order valence-electron chi connectivity index (χ0n) is 13.3. The first-order valence-corrected chi connectivity index (χ1v) is 7.68. The first kappa shape index (κ1) is 14.4. The molecule has 1 aromatic carbocycles. The monoisotopic (exact) mass is 288 g/mol. The molecule has 0 N–H and O–H groups in total. The van der Waals surface area contributed by atoms with Gasteiger partial charge in [0.2, 0.25) is 0 Å². The highest BCUT2D eigenvalue weighted by atomic mass is 16.7. The van der Waals surface area contributed by atoms with Gasteiger partial charge in [-0.3, -0.25) is 9.63 Å². The molecule has 1 fully saturated rings. The van der Waals surface area contributed by atoms with E-state index in [-0.39, 0.29) is 11.9 Å². The average molecular weight is 288 g/mol. The van der Waals surface area contributed by atoms with Crippen molar-refractivity contribution < 1.29 is 9.63 Å². The van der Waals surface area contributed by atoms with Crippen LogP contribution in [0, 0.1) is 6.92 Å². The van der Waals surface area contributed by atoms with Gasteiger partial charge in [-0.05, 0) is 31.4 Å². The van der Waals surface area contributed by atoms with E-state index in [4.69, 9.17) is 4.84 Å². The molecular formula is C17H24N2O2. The van der Waals surface area contributed by atoms with Crippen LogP contribution in [0.25, 0.3) is 0 Å². The predicted molar refractivity (Wildman–Crippen MR) is 83.3 cm³/mol. The molecule has 1 aliphatic heterocycles. The van der Waals surface area contributed by atoms with Gasteiger partial charge in [-0.25, -0.2) is 5.06 Å². The fourth-order valence-electron chi connectivity index (χ4n) is 4.20. The molecule has 1 amide bonds. The number of amides is 1. The Labute approximate surface area is 126 Å². The maximum absolute atomic E-state index is 13.1. The van der Waals surface area contributed by atoms with Gasteiger partial charge in [-0.1, -0.05) is 30.5 Å². The summed E-state index contributed by atoms with van der Waals surface area (Å²) in [6.07, 6.45) is 4.26. The second kappa shape index (κ2) is 5.02. The smallest absolute Gasteiger partial charge is 0.258 e. The van der Waals surface area contributed by atoms with Gasteiger partial charge in [-0.15, -0.1) is 0 Å². The third kappa shape index (κ3) is 1.89. The van der Waals surface area contributed by atoms with Crippen LogP contribution in [-0.4, -0.2) is 38.2 Å². The molecule has 3 rings (SSSR count). The summed E-state index contributed by atoms with van der Waals surface area (Å²) in [5.74, 6) is 0.0888. The lowest BCUT2D eigenvalue weighted by atomic mass is 9.67. The molecule has 1 aromatic rings. The first-order chi connectivity index (χ1) is 10.0. The van der Waals surface area contributed by atoms with Crippen molar-refractivity contribution >= 4 is 11.6 Å². The Bertz CT molecular complexity index is 572. The minimum Gasteiger partial charge on any atom is -0.370 e. The molecule has 2 atom stereocenters. The maximum atomic E-state index is 13.1. The zero-order valence-corrected chi connectivity index (χ0v) is 13.3. The Morgan fingerprint density at radius 2 is 2.19 bits per heavy atom. The highest BCUT2D eigenvalue weighted by Crippen LogP contribution is 2.52. The lowest BCUT2D eigenvalue weighted by Gasteiger charge is -2.42. The Morgan fingerprint density at radius 1 is 1.43 bits per heavy atom. The number of rotatable bonds is 2. The summed E-state index contributed by atoms with van der Waals surface area (Å²) in [5, 5.41) is 1.41. The van der Waals surface area contributed by atoms with Crippen LogP contribution in [0.15, 0.2) is 18.2 Å². The van der Waals surface area contributed by atoms with Crippen LogP contribution in [0.3, 0.4) is 0 Å². The number of hydrogen-bond donors (Lipinski definition) is 0. The third-order valence-electron chi connectivity index (χ3n) is 5.29. The van der Waals surface area contributed by atoms with Crippen molar-refractivity contribution in [3.05, 3.63) is 29.3 Å². The minimum atomic E-state index is -0.445. The zero-order chi connectivity index (χ0) is 15.2. The molecule has 0 aromatic heterocycles. The van der Waals surface area contributed by atoms with E-state index in [0.29, 0.717) is 0 Å². The molecule has 1 saturated carbocycles. The molecular weight excluding hydrogens is 264 g/mol. The van der Waals surface area contributed by atoms with E-state index < -0.39 is 5.41 Å². The van der Waals surface area contributed by atoms with Crippen molar-refractivity contribution in [1.82, 2.24) is 5.06 Å². The number of anilines is 1. The second-order valence-corrected chi connectivity index (χ2v) is 6.35. The number of hydrogen-bond acceptors (Lipinski definition) is 3. The molecule has 1 aliphatic carbocycles. The Morgan fingerprint density at radius 3 is 2.90 bits per heavy atom. The highest BCUT2D eigenvalue weighted by molar-refractivity contribution is 5.93. The van der Waals surface area contributed by atoms with E-state index in [1.807, 2.05) is 0 Å². The molecule has 21 heavy (non-hydrogen) atoms. The summed E-state index contributed by atoms with van der Waals surface area (Å²) < 4.78 is 0. The van der Waals surface area contributed by atoms with Gasteiger partial charge >= 0.3 is 0 Å². The summed E-state index contributed by atoms with van der Waals surface area (Å²) in [5.41, 5.74) is 3.15. The Kier molecular flexibility index (Phi) is 3.44. The van der Waals surface area contributed by atoms with E-state index in [1.165, 1.54) is 28.3 Å². The van der Waals surface area contributed by atoms with E-state index >= 15 is 0 Å².